The first-order valence-electron chi connectivity index (χ1n) is 10.3. The lowest BCUT2D eigenvalue weighted by atomic mass is 9.92. The number of amides is 1. The molecule has 33 heavy (non-hydrogen) atoms. The number of anilines is 2. The lowest BCUT2D eigenvalue weighted by Gasteiger charge is -2.32. The fourth-order valence-corrected chi connectivity index (χ4v) is 3.97. The number of carbonyl (C=O) groups is 2. The zero-order valence-corrected chi connectivity index (χ0v) is 18.0. The number of carbonyl (C=O) groups excluding carboxylic acids is 2. The molecule has 0 bridgehead atoms. The van der Waals surface area contributed by atoms with Crippen molar-refractivity contribution in [1.29, 1.82) is 0 Å². The maximum absolute atomic E-state index is 12.8. The highest BCUT2D eigenvalue weighted by atomic mass is 35.5. The first kappa shape index (κ1) is 22.9. The molecule has 11 heteroatoms. The van der Waals surface area contributed by atoms with Gasteiger partial charge >= 0.3 is 12.1 Å². The largest absolute Gasteiger partial charge is 0.490 e. The Labute approximate surface area is 191 Å². The normalized spacial score (nSPS) is 18.7. The van der Waals surface area contributed by atoms with Gasteiger partial charge in [-0.1, -0.05) is 30.2 Å². The number of halogens is 4. The monoisotopic (exact) mass is 480 g/mol. The van der Waals surface area contributed by atoms with E-state index in [1.54, 1.807) is 48.5 Å². The smallest absolute Gasteiger partial charge is 0.454 e. The Kier molecular flexibility index (Phi) is 6.46. The van der Waals surface area contributed by atoms with Gasteiger partial charge < -0.3 is 15.4 Å². The molecule has 1 amide bonds. The molecule has 1 aliphatic rings. The second-order valence-corrected chi connectivity index (χ2v) is 8.09. The number of rotatable bonds is 5. The number of benzene rings is 1. The Balaban J connectivity index is 1.53. The minimum atomic E-state index is -5.05. The van der Waals surface area contributed by atoms with Gasteiger partial charge in [0.25, 0.3) is 5.91 Å². The quantitative estimate of drug-likeness (QED) is 0.498. The number of hydrogen-bond acceptors (Lipinski definition) is 5. The van der Waals surface area contributed by atoms with Crippen LogP contribution in [0, 0.1) is 0 Å². The first-order chi connectivity index (χ1) is 15.7. The van der Waals surface area contributed by atoms with Gasteiger partial charge in [-0.05, 0) is 55.7 Å². The van der Waals surface area contributed by atoms with E-state index in [4.69, 9.17) is 16.3 Å². The summed E-state index contributed by atoms with van der Waals surface area (Å²) in [5, 5.41) is 10.6. The average molecular weight is 481 g/mol. The molecule has 2 N–H and O–H groups in total. The average Bonchev–Trinajstić information content (AvgIpc) is 3.19. The summed E-state index contributed by atoms with van der Waals surface area (Å²) in [6.07, 6.45) is -3.72. The Hall–Kier alpha value is -3.27. The predicted molar refractivity (Wildman–Crippen MR) is 116 cm³/mol. The van der Waals surface area contributed by atoms with Crippen molar-refractivity contribution in [1.82, 2.24) is 9.61 Å². The van der Waals surface area contributed by atoms with Gasteiger partial charge in [-0.25, -0.2) is 9.31 Å². The number of aromatic nitrogens is 2. The molecule has 0 saturated heterocycles. The van der Waals surface area contributed by atoms with E-state index in [2.05, 4.69) is 15.7 Å². The van der Waals surface area contributed by atoms with E-state index >= 15 is 0 Å². The van der Waals surface area contributed by atoms with Gasteiger partial charge in [0.1, 0.15) is 17.6 Å². The van der Waals surface area contributed by atoms with Crippen molar-refractivity contribution in [2.24, 2.45) is 0 Å². The van der Waals surface area contributed by atoms with Crippen molar-refractivity contribution in [3.63, 3.8) is 0 Å². The number of hydrogen-bond donors (Lipinski definition) is 2. The fraction of sp³-hybridized carbons (Fsp3) is 0.318. The molecule has 4 rings (SSSR count). The number of nitrogens with one attached hydrogen (secondary N) is 2. The van der Waals surface area contributed by atoms with Crippen molar-refractivity contribution in [3.05, 3.63) is 59.2 Å². The van der Waals surface area contributed by atoms with Crippen molar-refractivity contribution in [2.45, 2.75) is 44.0 Å². The maximum Gasteiger partial charge on any atom is 0.490 e. The van der Waals surface area contributed by atoms with Gasteiger partial charge in [0, 0.05) is 0 Å². The van der Waals surface area contributed by atoms with E-state index in [1.165, 1.54) is 4.52 Å². The van der Waals surface area contributed by atoms with E-state index in [-0.39, 0.29) is 5.69 Å². The van der Waals surface area contributed by atoms with Crippen LogP contribution < -0.4 is 10.6 Å². The standard InChI is InChI=1S/C22H20ClF3N4O3/c23-14-5-1-2-6-15(14)28-20(31)17-11-9-13-10-12-19(29-30(13)17)27-16-7-3-4-8-18(16)33-21(32)22(24,25)26/h1-2,5-6,9-12,16,18H,3-4,7-8H2,(H,27,29)(H,28,31)/t16-,18+/m1/s1. The highest BCUT2D eigenvalue weighted by Crippen LogP contribution is 2.27. The number of para-hydroxylation sites is 1. The van der Waals surface area contributed by atoms with Crippen LogP contribution in [-0.2, 0) is 9.53 Å². The second-order valence-electron chi connectivity index (χ2n) is 7.68. The molecule has 0 radical (unpaired) electrons. The highest BCUT2D eigenvalue weighted by Gasteiger charge is 2.43. The molecule has 0 unspecified atom stereocenters. The number of alkyl halides is 3. The van der Waals surface area contributed by atoms with Gasteiger partial charge in [-0.15, -0.1) is 5.10 Å². The minimum absolute atomic E-state index is 0.247. The van der Waals surface area contributed by atoms with E-state index in [0.717, 1.165) is 6.42 Å². The Bertz CT molecular complexity index is 1180. The summed E-state index contributed by atoms with van der Waals surface area (Å²) in [6.45, 7) is 0. The lowest BCUT2D eigenvalue weighted by Crippen LogP contribution is -2.42. The molecule has 1 fully saturated rings. The van der Waals surface area contributed by atoms with Crippen molar-refractivity contribution < 1.29 is 27.5 Å². The SMILES string of the molecule is O=C(Nc1ccccc1Cl)c1ccc2ccc(N[C@@H]3CCCC[C@@H]3OC(=O)C(F)(F)F)nn12. The molecular weight excluding hydrogens is 461 g/mol. The summed E-state index contributed by atoms with van der Waals surface area (Å²) in [7, 11) is 0. The molecule has 2 aromatic heterocycles. The molecule has 174 valence electrons. The van der Waals surface area contributed by atoms with Crippen LogP contribution in [0.3, 0.4) is 0 Å². The molecule has 2 heterocycles. The molecule has 1 aromatic carbocycles. The molecule has 3 aromatic rings. The molecule has 0 aliphatic heterocycles. The molecule has 1 aliphatic carbocycles. The van der Waals surface area contributed by atoms with E-state index in [1.807, 2.05) is 0 Å². The Morgan fingerprint density at radius 3 is 2.55 bits per heavy atom. The molecule has 2 atom stereocenters. The predicted octanol–water partition coefficient (Wildman–Crippen LogP) is 5.07. The van der Waals surface area contributed by atoms with E-state index < -0.39 is 30.2 Å². The van der Waals surface area contributed by atoms with Crippen molar-refractivity contribution in [3.8, 4) is 0 Å². The third-order valence-corrected chi connectivity index (χ3v) is 5.71. The van der Waals surface area contributed by atoms with Crippen LogP contribution in [-0.4, -0.2) is 39.8 Å². The van der Waals surface area contributed by atoms with E-state index in [9.17, 15) is 22.8 Å². The summed E-state index contributed by atoms with van der Waals surface area (Å²) < 4.78 is 44.1. The van der Waals surface area contributed by atoms with Gasteiger partial charge in [-0.3, -0.25) is 4.79 Å². The highest BCUT2D eigenvalue weighted by molar-refractivity contribution is 6.33. The van der Waals surface area contributed by atoms with Gasteiger partial charge in [-0.2, -0.15) is 13.2 Å². The summed E-state index contributed by atoms with van der Waals surface area (Å²) in [6, 6.07) is 13.0. The summed E-state index contributed by atoms with van der Waals surface area (Å²) in [5.41, 5.74) is 1.34. The van der Waals surface area contributed by atoms with E-state index in [0.29, 0.717) is 41.3 Å². The van der Waals surface area contributed by atoms with Gasteiger partial charge in [0.05, 0.1) is 22.3 Å². The van der Waals surface area contributed by atoms with Crippen LogP contribution in [0.4, 0.5) is 24.7 Å². The van der Waals surface area contributed by atoms with Crippen LogP contribution in [0.25, 0.3) is 5.52 Å². The number of esters is 1. The number of fused-ring (bicyclic) bond motifs is 1. The summed E-state index contributed by atoms with van der Waals surface area (Å²) in [5.74, 6) is -2.29. The lowest BCUT2D eigenvalue weighted by molar-refractivity contribution is -0.206. The van der Waals surface area contributed by atoms with Gasteiger partial charge in [0.15, 0.2) is 0 Å². The third kappa shape index (κ3) is 5.22. The molecular formula is C22H20ClF3N4O3. The van der Waals surface area contributed by atoms with Gasteiger partial charge in [0.2, 0.25) is 0 Å². The van der Waals surface area contributed by atoms with Crippen molar-refractivity contribution >= 4 is 40.5 Å². The first-order valence-corrected chi connectivity index (χ1v) is 10.7. The fourth-order valence-electron chi connectivity index (χ4n) is 3.78. The van der Waals surface area contributed by atoms with Crippen LogP contribution in [0.15, 0.2) is 48.5 Å². The Morgan fingerprint density at radius 1 is 1.06 bits per heavy atom. The van der Waals surface area contributed by atoms with Crippen molar-refractivity contribution in [2.75, 3.05) is 10.6 Å². The topological polar surface area (TPSA) is 84.7 Å². The van der Waals surface area contributed by atoms with Crippen LogP contribution >= 0.6 is 11.6 Å². The third-order valence-electron chi connectivity index (χ3n) is 5.38. The molecule has 1 saturated carbocycles. The number of nitrogens with zero attached hydrogens (tertiary/aromatic N) is 2. The minimum Gasteiger partial charge on any atom is -0.454 e. The maximum atomic E-state index is 12.8. The summed E-state index contributed by atoms with van der Waals surface area (Å²) >= 11 is 6.11. The molecule has 0 spiro atoms. The molecule has 7 nitrogen and oxygen atoms in total. The zero-order chi connectivity index (χ0) is 23.6. The Morgan fingerprint density at radius 2 is 1.79 bits per heavy atom. The van der Waals surface area contributed by atoms with Crippen LogP contribution in [0.1, 0.15) is 36.2 Å². The zero-order valence-electron chi connectivity index (χ0n) is 17.2. The van der Waals surface area contributed by atoms with Crippen LogP contribution in [0.2, 0.25) is 5.02 Å². The van der Waals surface area contributed by atoms with Crippen LogP contribution in [0.5, 0.6) is 0 Å². The second kappa shape index (κ2) is 9.30. The number of ether oxygens (including phenoxy) is 1. The summed E-state index contributed by atoms with van der Waals surface area (Å²) in [4.78, 5) is 24.1.